The molecule has 41 heavy (non-hydrogen) atoms. The van der Waals surface area contributed by atoms with Crippen molar-refractivity contribution in [3.05, 3.63) is 89.3 Å². The van der Waals surface area contributed by atoms with Crippen molar-refractivity contribution in [1.82, 2.24) is 9.88 Å². The Bertz CT molecular complexity index is 1390. The molecule has 0 radical (unpaired) electrons. The van der Waals surface area contributed by atoms with Crippen molar-refractivity contribution in [2.75, 3.05) is 20.3 Å². The number of nitrogens with zero attached hydrogens (tertiary/aromatic N) is 2. The van der Waals surface area contributed by atoms with Gasteiger partial charge in [0.05, 0.1) is 31.9 Å². The minimum absolute atomic E-state index is 0.000118. The normalized spacial score (nSPS) is 16.3. The van der Waals surface area contributed by atoms with Crippen LogP contribution in [-0.2, 0) is 16.1 Å². The van der Waals surface area contributed by atoms with Crippen LogP contribution >= 0.6 is 0 Å². The van der Waals surface area contributed by atoms with Gasteiger partial charge < -0.3 is 24.2 Å². The summed E-state index contributed by atoms with van der Waals surface area (Å²) in [7, 11) is 1.55. The van der Waals surface area contributed by atoms with Crippen LogP contribution in [0.25, 0.3) is 5.76 Å². The van der Waals surface area contributed by atoms with Crippen molar-refractivity contribution in [1.29, 1.82) is 0 Å². The fraction of sp³-hybridized carbons (Fsp3) is 0.364. The summed E-state index contributed by atoms with van der Waals surface area (Å²) in [5.41, 5.74) is 1.76. The van der Waals surface area contributed by atoms with Gasteiger partial charge in [-0.3, -0.25) is 14.6 Å². The minimum atomic E-state index is -0.863. The van der Waals surface area contributed by atoms with E-state index in [9.17, 15) is 14.7 Å². The highest BCUT2D eigenvalue weighted by molar-refractivity contribution is 6.46. The summed E-state index contributed by atoms with van der Waals surface area (Å²) in [6.45, 7) is 7.54. The lowest BCUT2D eigenvalue weighted by Gasteiger charge is -2.26. The highest BCUT2D eigenvalue weighted by Crippen LogP contribution is 2.43. The number of unbranched alkanes of at least 4 members (excludes halogenated alkanes) is 1. The van der Waals surface area contributed by atoms with Crippen LogP contribution in [-0.4, -0.2) is 47.0 Å². The molecule has 8 nitrogen and oxygen atoms in total. The lowest BCUT2D eigenvalue weighted by atomic mass is 9.94. The van der Waals surface area contributed by atoms with E-state index in [-0.39, 0.29) is 17.9 Å². The van der Waals surface area contributed by atoms with Crippen LogP contribution in [0.2, 0.25) is 0 Å². The third kappa shape index (κ3) is 7.06. The summed E-state index contributed by atoms with van der Waals surface area (Å²) in [6.07, 6.45) is 6.07. The molecule has 0 saturated carbocycles. The van der Waals surface area contributed by atoms with E-state index >= 15 is 0 Å². The fourth-order valence-corrected chi connectivity index (χ4v) is 4.68. The number of hydrogen-bond donors (Lipinski definition) is 1. The molecular formula is C33H38N2O6. The van der Waals surface area contributed by atoms with Crippen LogP contribution in [0.4, 0.5) is 0 Å². The first-order valence-corrected chi connectivity index (χ1v) is 14.0. The molecule has 4 rings (SSSR count). The van der Waals surface area contributed by atoms with Crippen LogP contribution < -0.4 is 14.2 Å². The highest BCUT2D eigenvalue weighted by Gasteiger charge is 2.46. The minimum Gasteiger partial charge on any atom is -0.507 e. The zero-order valence-electron chi connectivity index (χ0n) is 24.1. The van der Waals surface area contributed by atoms with Crippen LogP contribution in [0.5, 0.6) is 17.2 Å². The molecule has 0 spiro atoms. The third-order valence-electron chi connectivity index (χ3n) is 6.95. The summed E-state index contributed by atoms with van der Waals surface area (Å²) in [5.74, 6) is 0.384. The molecule has 8 heteroatoms. The number of aromatic nitrogens is 1. The molecule has 1 aromatic heterocycles. The van der Waals surface area contributed by atoms with Crippen molar-refractivity contribution in [3.8, 4) is 17.2 Å². The van der Waals surface area contributed by atoms with Gasteiger partial charge >= 0.3 is 0 Å². The maximum Gasteiger partial charge on any atom is 0.295 e. The molecule has 3 aromatic rings. The number of ether oxygens (including phenoxy) is 3. The van der Waals surface area contributed by atoms with Gasteiger partial charge in [-0.25, -0.2) is 0 Å². The lowest BCUT2D eigenvalue weighted by molar-refractivity contribution is -0.140. The fourth-order valence-electron chi connectivity index (χ4n) is 4.68. The van der Waals surface area contributed by atoms with Crippen molar-refractivity contribution in [2.24, 2.45) is 5.92 Å². The summed E-state index contributed by atoms with van der Waals surface area (Å²) in [5, 5.41) is 11.5. The summed E-state index contributed by atoms with van der Waals surface area (Å²) in [4.78, 5) is 32.6. The maximum atomic E-state index is 13.5. The molecule has 0 bridgehead atoms. The number of methoxy groups -OCH3 is 1. The molecule has 1 saturated heterocycles. The number of benzene rings is 2. The zero-order chi connectivity index (χ0) is 29.4. The molecular weight excluding hydrogens is 520 g/mol. The molecule has 2 heterocycles. The van der Waals surface area contributed by atoms with Gasteiger partial charge in [0.2, 0.25) is 0 Å². The number of carbonyl (C=O) groups excluding carboxylic acids is 2. The summed E-state index contributed by atoms with van der Waals surface area (Å²) >= 11 is 0. The molecule has 1 N–H and O–H groups in total. The number of likely N-dealkylation sites (tertiary alicyclic amines) is 1. The van der Waals surface area contributed by atoms with Gasteiger partial charge in [0.1, 0.15) is 11.5 Å². The number of amides is 1. The van der Waals surface area contributed by atoms with E-state index in [1.54, 1.807) is 68.0 Å². The van der Waals surface area contributed by atoms with E-state index in [0.717, 1.165) is 24.8 Å². The first-order chi connectivity index (χ1) is 19.8. The van der Waals surface area contributed by atoms with E-state index < -0.39 is 17.7 Å². The monoisotopic (exact) mass is 558 g/mol. The molecule has 216 valence electrons. The zero-order valence-corrected chi connectivity index (χ0v) is 24.1. The Kier molecular flexibility index (Phi) is 10.0. The average Bonchev–Trinajstić information content (AvgIpc) is 3.22. The van der Waals surface area contributed by atoms with E-state index in [4.69, 9.17) is 14.2 Å². The van der Waals surface area contributed by atoms with E-state index in [0.29, 0.717) is 47.5 Å². The standard InChI is InChI=1S/C33H38N2O6/c1-5-6-16-40-26-11-7-10-25(18-26)31(36)29-30(35(33(38)32(29)37)21-23-9-8-15-34-20-23)24-12-13-27(28(19-24)39-4)41-17-14-22(2)3/h7-13,15,18-20,22,30,36H,5-6,14,16-17,21H2,1-4H3/b31-29+. The molecule has 1 aliphatic heterocycles. The number of hydrogen-bond acceptors (Lipinski definition) is 7. The summed E-state index contributed by atoms with van der Waals surface area (Å²) < 4.78 is 17.4. The van der Waals surface area contributed by atoms with Crippen LogP contribution in [0.3, 0.4) is 0 Å². The Morgan fingerprint density at radius 3 is 2.56 bits per heavy atom. The quantitative estimate of drug-likeness (QED) is 0.114. The molecule has 1 amide bonds. The first kappa shape index (κ1) is 29.6. The topological polar surface area (TPSA) is 98.2 Å². The van der Waals surface area contributed by atoms with Crippen molar-refractivity contribution in [3.63, 3.8) is 0 Å². The van der Waals surface area contributed by atoms with E-state index in [1.807, 2.05) is 6.07 Å². The van der Waals surface area contributed by atoms with Crippen LogP contribution in [0.1, 0.15) is 62.8 Å². The largest absolute Gasteiger partial charge is 0.507 e. The number of Topliss-reactive ketones (excluding diaryl/α,β-unsaturated/α-hetero) is 1. The van der Waals surface area contributed by atoms with Crippen molar-refractivity contribution in [2.45, 2.75) is 52.6 Å². The second-order valence-corrected chi connectivity index (χ2v) is 10.5. The van der Waals surface area contributed by atoms with Crippen molar-refractivity contribution < 1.29 is 28.9 Å². The average molecular weight is 559 g/mol. The second-order valence-electron chi connectivity index (χ2n) is 10.5. The van der Waals surface area contributed by atoms with E-state index in [2.05, 4.69) is 25.8 Å². The molecule has 0 aliphatic carbocycles. The Morgan fingerprint density at radius 1 is 1.02 bits per heavy atom. The molecule has 2 aromatic carbocycles. The van der Waals surface area contributed by atoms with Gasteiger partial charge in [-0.1, -0.05) is 51.5 Å². The predicted molar refractivity (Wildman–Crippen MR) is 157 cm³/mol. The third-order valence-corrected chi connectivity index (χ3v) is 6.95. The molecule has 1 atom stereocenters. The number of carbonyl (C=O) groups is 2. The van der Waals surface area contributed by atoms with Gasteiger partial charge in [0.15, 0.2) is 11.5 Å². The molecule has 1 fully saturated rings. The number of rotatable bonds is 13. The SMILES string of the molecule is CCCCOc1cccc(/C(O)=C2\C(=O)C(=O)N(Cc3cccnc3)C2c2ccc(OCCC(C)C)c(OC)c2)c1. The Balaban J connectivity index is 1.78. The predicted octanol–water partition coefficient (Wildman–Crippen LogP) is 6.32. The first-order valence-electron chi connectivity index (χ1n) is 14.0. The van der Waals surface area contributed by atoms with Gasteiger partial charge in [0.25, 0.3) is 11.7 Å². The number of aliphatic hydroxyl groups excluding tert-OH is 1. The van der Waals surface area contributed by atoms with Crippen molar-refractivity contribution >= 4 is 17.4 Å². The van der Waals surface area contributed by atoms with Gasteiger partial charge in [-0.15, -0.1) is 0 Å². The smallest absolute Gasteiger partial charge is 0.295 e. The maximum absolute atomic E-state index is 13.5. The Hall–Kier alpha value is -4.33. The molecule has 1 aliphatic rings. The molecule has 1 unspecified atom stereocenters. The second kappa shape index (κ2) is 13.8. The Labute approximate surface area is 241 Å². The Morgan fingerprint density at radius 2 is 1.85 bits per heavy atom. The van der Waals surface area contributed by atoms with Gasteiger partial charge in [-0.05, 0) is 60.2 Å². The number of pyridine rings is 1. The van der Waals surface area contributed by atoms with Gasteiger partial charge in [0, 0.05) is 24.5 Å². The lowest BCUT2D eigenvalue weighted by Crippen LogP contribution is -2.29. The van der Waals surface area contributed by atoms with Gasteiger partial charge in [-0.2, -0.15) is 0 Å². The summed E-state index contributed by atoms with van der Waals surface area (Å²) in [6, 6.07) is 15.0. The number of aliphatic hydroxyl groups is 1. The van der Waals surface area contributed by atoms with Crippen LogP contribution in [0, 0.1) is 5.92 Å². The van der Waals surface area contributed by atoms with E-state index in [1.165, 1.54) is 4.90 Å². The van der Waals surface area contributed by atoms with Crippen LogP contribution in [0.15, 0.2) is 72.6 Å². The number of ketones is 1. The highest BCUT2D eigenvalue weighted by atomic mass is 16.5.